The Balaban J connectivity index is 1.57. The van der Waals surface area contributed by atoms with Gasteiger partial charge in [0.2, 0.25) is 5.95 Å². The maximum atomic E-state index is 5.33. The van der Waals surface area contributed by atoms with Crippen molar-refractivity contribution in [3.63, 3.8) is 0 Å². The maximum Gasteiger partial charge on any atom is 0.231 e. The molecule has 0 saturated heterocycles. The fourth-order valence-electron chi connectivity index (χ4n) is 1.98. The number of hydrogen-bond donors (Lipinski definition) is 2. The first-order chi connectivity index (χ1) is 13.2. The molecule has 27 heavy (non-hydrogen) atoms. The average molecular weight is 415 g/mol. The Morgan fingerprint density at radius 1 is 0.889 bits per heavy atom. The average Bonchev–Trinajstić information content (AvgIpc) is 3.47. The van der Waals surface area contributed by atoms with Crippen molar-refractivity contribution < 1.29 is 0 Å². The molecule has 0 spiro atoms. The normalized spacial score (nSPS) is 13.2. The third-order valence-corrected chi connectivity index (χ3v) is 5.14. The van der Waals surface area contributed by atoms with Gasteiger partial charge in [0.1, 0.15) is 10.1 Å². The molecule has 1 saturated carbocycles. The number of aromatic nitrogens is 6. The van der Waals surface area contributed by atoms with Crippen LogP contribution in [-0.2, 0) is 0 Å². The molecule has 3 aromatic heterocycles. The lowest BCUT2D eigenvalue weighted by molar-refractivity contribution is 0.905. The Morgan fingerprint density at radius 2 is 1.41 bits per heavy atom. The fraction of sp³-hybridized carbons (Fsp3) is 0.188. The zero-order valence-corrected chi connectivity index (χ0v) is 16.4. The van der Waals surface area contributed by atoms with Gasteiger partial charge in [-0.1, -0.05) is 0 Å². The van der Waals surface area contributed by atoms with Crippen LogP contribution in [0.1, 0.15) is 12.8 Å². The summed E-state index contributed by atoms with van der Waals surface area (Å²) in [5.41, 5.74) is 0. The number of anilines is 1. The summed E-state index contributed by atoms with van der Waals surface area (Å²) in [5.74, 6) is 0.410. The van der Waals surface area contributed by atoms with Crippen LogP contribution in [0.3, 0.4) is 0 Å². The monoisotopic (exact) mass is 414 g/mol. The summed E-state index contributed by atoms with van der Waals surface area (Å²) in [6, 6.07) is 5.84. The van der Waals surface area contributed by atoms with Crippen molar-refractivity contribution in [1.29, 1.82) is 0 Å². The molecular weight excluding hydrogens is 400 g/mol. The molecule has 1 fully saturated rings. The van der Waals surface area contributed by atoms with Crippen LogP contribution in [0.25, 0.3) is 0 Å². The second-order valence-corrected chi connectivity index (χ2v) is 7.89. The summed E-state index contributed by atoms with van der Waals surface area (Å²) >= 11 is 8.03. The van der Waals surface area contributed by atoms with Gasteiger partial charge in [0.25, 0.3) is 0 Å². The van der Waals surface area contributed by atoms with Gasteiger partial charge in [-0.05, 0) is 60.7 Å². The van der Waals surface area contributed by atoms with E-state index in [0.29, 0.717) is 37.5 Å². The van der Waals surface area contributed by atoms with E-state index >= 15 is 0 Å². The number of rotatable bonds is 6. The molecule has 4 rings (SSSR count). The maximum absolute atomic E-state index is 5.33. The molecule has 136 valence electrons. The summed E-state index contributed by atoms with van der Waals surface area (Å²) in [5, 5.41) is 9.40. The van der Waals surface area contributed by atoms with Crippen molar-refractivity contribution in [2.45, 2.75) is 39.2 Å². The molecule has 2 N–H and O–H groups in total. The third-order valence-electron chi connectivity index (χ3n) is 3.29. The number of nitrogens with one attached hydrogen (secondary N) is 2. The SMILES string of the molecule is S=C(Nc1nc(Sc2ncccn2)cc(Sc2ncccn2)n1)NC1CC1. The van der Waals surface area contributed by atoms with Gasteiger partial charge in [0.15, 0.2) is 15.4 Å². The first kappa shape index (κ1) is 18.0. The second kappa shape index (κ2) is 8.55. The van der Waals surface area contributed by atoms with E-state index < -0.39 is 0 Å². The largest absolute Gasteiger partial charge is 0.360 e. The summed E-state index contributed by atoms with van der Waals surface area (Å²) in [4.78, 5) is 25.9. The number of thiocarbonyl (C=S) groups is 1. The van der Waals surface area contributed by atoms with Crippen molar-refractivity contribution in [1.82, 2.24) is 35.2 Å². The minimum atomic E-state index is 0.410. The molecule has 0 radical (unpaired) electrons. The van der Waals surface area contributed by atoms with Crippen LogP contribution in [0.2, 0.25) is 0 Å². The quantitative estimate of drug-likeness (QED) is 0.354. The first-order valence-corrected chi connectivity index (χ1v) is 10.1. The van der Waals surface area contributed by atoms with Crippen LogP contribution in [0.5, 0.6) is 0 Å². The Labute approximate surface area is 169 Å². The van der Waals surface area contributed by atoms with E-state index in [9.17, 15) is 0 Å². The molecule has 0 atom stereocenters. The lowest BCUT2D eigenvalue weighted by Crippen LogP contribution is -2.30. The highest BCUT2D eigenvalue weighted by Crippen LogP contribution is 2.29. The Hall–Kier alpha value is -2.37. The number of hydrogen-bond acceptors (Lipinski definition) is 9. The van der Waals surface area contributed by atoms with Gasteiger partial charge in [0.05, 0.1) is 0 Å². The van der Waals surface area contributed by atoms with Gasteiger partial charge in [-0.3, -0.25) is 0 Å². The van der Waals surface area contributed by atoms with Crippen molar-refractivity contribution in [2.75, 3.05) is 5.32 Å². The Morgan fingerprint density at radius 3 is 1.89 bits per heavy atom. The molecular formula is C16H14N8S3. The smallest absolute Gasteiger partial charge is 0.231 e. The topological polar surface area (TPSA) is 101 Å². The summed E-state index contributed by atoms with van der Waals surface area (Å²) in [7, 11) is 0. The minimum Gasteiger partial charge on any atom is -0.360 e. The van der Waals surface area contributed by atoms with E-state index in [2.05, 4.69) is 40.5 Å². The fourth-order valence-corrected chi connectivity index (χ4v) is 3.74. The van der Waals surface area contributed by atoms with Gasteiger partial charge >= 0.3 is 0 Å². The highest BCUT2D eigenvalue weighted by atomic mass is 32.2. The van der Waals surface area contributed by atoms with Crippen LogP contribution in [0, 0.1) is 0 Å². The van der Waals surface area contributed by atoms with Crippen molar-refractivity contribution in [3.8, 4) is 0 Å². The van der Waals surface area contributed by atoms with Gasteiger partial charge in [-0.25, -0.2) is 29.9 Å². The molecule has 1 aliphatic rings. The highest BCUT2D eigenvalue weighted by molar-refractivity contribution is 7.99. The predicted octanol–water partition coefficient (Wildman–Crippen LogP) is 2.81. The van der Waals surface area contributed by atoms with E-state index in [1.807, 2.05) is 6.07 Å². The van der Waals surface area contributed by atoms with E-state index in [1.165, 1.54) is 23.5 Å². The number of nitrogens with zero attached hydrogens (tertiary/aromatic N) is 6. The van der Waals surface area contributed by atoms with Crippen LogP contribution >= 0.6 is 35.7 Å². The molecule has 8 nitrogen and oxygen atoms in total. The zero-order valence-electron chi connectivity index (χ0n) is 13.9. The van der Waals surface area contributed by atoms with Crippen molar-refractivity contribution in [2.24, 2.45) is 0 Å². The lowest BCUT2D eigenvalue weighted by Gasteiger charge is -2.10. The van der Waals surface area contributed by atoms with Crippen molar-refractivity contribution in [3.05, 3.63) is 43.0 Å². The Kier molecular flexibility index (Phi) is 5.70. The molecule has 1 aliphatic carbocycles. The molecule has 0 aromatic carbocycles. The second-order valence-electron chi connectivity index (χ2n) is 5.51. The summed E-state index contributed by atoms with van der Waals surface area (Å²) in [6.07, 6.45) is 9.04. The minimum absolute atomic E-state index is 0.410. The van der Waals surface area contributed by atoms with Crippen LogP contribution in [0.4, 0.5) is 5.95 Å². The van der Waals surface area contributed by atoms with E-state index in [0.717, 1.165) is 12.8 Å². The van der Waals surface area contributed by atoms with E-state index in [4.69, 9.17) is 12.2 Å². The van der Waals surface area contributed by atoms with Crippen LogP contribution < -0.4 is 10.6 Å². The predicted molar refractivity (Wildman–Crippen MR) is 107 cm³/mol. The molecule has 0 bridgehead atoms. The Bertz CT molecular complexity index is 862. The summed E-state index contributed by atoms with van der Waals surface area (Å²) in [6.45, 7) is 0. The van der Waals surface area contributed by atoms with Crippen LogP contribution in [-0.4, -0.2) is 41.1 Å². The molecule has 0 aliphatic heterocycles. The van der Waals surface area contributed by atoms with Crippen molar-refractivity contribution >= 4 is 46.8 Å². The zero-order chi connectivity index (χ0) is 18.5. The molecule has 11 heteroatoms. The standard InChI is InChI=1S/C16H14N8S3/c25-14(21-10-3-4-10)24-13-22-11(26-15-17-5-1-6-18-15)9-12(23-13)27-16-19-7-2-8-20-16/h1-2,5-10H,3-4H2,(H2,21,22,23,24,25). The van der Waals surface area contributed by atoms with Gasteiger partial charge in [0, 0.05) is 36.9 Å². The van der Waals surface area contributed by atoms with Gasteiger partial charge < -0.3 is 10.6 Å². The molecule has 0 unspecified atom stereocenters. The highest BCUT2D eigenvalue weighted by Gasteiger charge is 2.22. The molecule has 3 aromatic rings. The first-order valence-electron chi connectivity index (χ1n) is 8.11. The molecule has 3 heterocycles. The van der Waals surface area contributed by atoms with Gasteiger partial charge in [-0.15, -0.1) is 0 Å². The van der Waals surface area contributed by atoms with E-state index in [-0.39, 0.29) is 0 Å². The molecule has 0 amide bonds. The third kappa shape index (κ3) is 5.55. The summed E-state index contributed by atoms with van der Waals surface area (Å²) < 4.78 is 0. The van der Waals surface area contributed by atoms with Gasteiger partial charge in [-0.2, -0.15) is 0 Å². The van der Waals surface area contributed by atoms with Crippen LogP contribution in [0.15, 0.2) is 63.4 Å². The van der Waals surface area contributed by atoms with E-state index in [1.54, 1.807) is 36.9 Å². The lowest BCUT2D eigenvalue weighted by atomic mass is 10.6.